The van der Waals surface area contributed by atoms with Crippen molar-refractivity contribution >= 4 is 29.2 Å². The van der Waals surface area contributed by atoms with Crippen LogP contribution in [0.3, 0.4) is 0 Å². The van der Waals surface area contributed by atoms with E-state index in [9.17, 15) is 9.59 Å². The molecule has 2 aromatic rings. The molecular weight excluding hydrogens is 412 g/mol. The zero-order valence-corrected chi connectivity index (χ0v) is 20.1. The van der Waals surface area contributed by atoms with Crippen molar-refractivity contribution in [3.05, 3.63) is 41.0 Å². The smallest absolute Gasteiger partial charge is 0.245 e. The highest BCUT2D eigenvalue weighted by Gasteiger charge is 2.23. The Morgan fingerprint density at radius 2 is 1.84 bits per heavy atom. The molecule has 2 amide bonds. The Morgan fingerprint density at radius 3 is 2.45 bits per heavy atom. The van der Waals surface area contributed by atoms with Gasteiger partial charge in [0.1, 0.15) is 5.82 Å². The molecular formula is C24H35ClN4O2. The highest BCUT2D eigenvalue weighted by molar-refractivity contribution is 6.32. The number of nitrogens with zero attached hydrogens (tertiary/aromatic N) is 3. The minimum Gasteiger partial charge on any atom is -0.334 e. The summed E-state index contributed by atoms with van der Waals surface area (Å²) in [5, 5.41) is 8.17. The van der Waals surface area contributed by atoms with Gasteiger partial charge in [0, 0.05) is 24.4 Å². The Hall–Kier alpha value is -2.34. The summed E-state index contributed by atoms with van der Waals surface area (Å²) in [6, 6.07) is 9.24. The van der Waals surface area contributed by atoms with E-state index in [1.807, 2.05) is 31.2 Å². The average molecular weight is 447 g/mol. The van der Waals surface area contributed by atoms with Crippen molar-refractivity contribution in [3.8, 4) is 5.69 Å². The summed E-state index contributed by atoms with van der Waals surface area (Å²) in [6.07, 6.45) is 4.64. The molecule has 0 aliphatic heterocycles. The van der Waals surface area contributed by atoms with Gasteiger partial charge in [-0.3, -0.25) is 9.59 Å². The third kappa shape index (κ3) is 7.10. The summed E-state index contributed by atoms with van der Waals surface area (Å²) in [5.41, 5.74) is 1.33. The van der Waals surface area contributed by atoms with Gasteiger partial charge in [-0.15, -0.1) is 0 Å². The summed E-state index contributed by atoms with van der Waals surface area (Å²) < 4.78 is 1.66. The molecule has 1 heterocycles. The van der Waals surface area contributed by atoms with Gasteiger partial charge in [-0.1, -0.05) is 70.7 Å². The SMILES string of the molecule is CCCCCCC(=O)N(CC)CC(=O)Nc1cc(C(C)(C)C)nn1-c1ccccc1Cl. The molecule has 0 spiro atoms. The number of carbonyl (C=O) groups is 2. The van der Waals surface area contributed by atoms with Crippen molar-refractivity contribution in [2.24, 2.45) is 0 Å². The fourth-order valence-corrected chi connectivity index (χ4v) is 3.45. The van der Waals surface area contributed by atoms with Crippen LogP contribution in [-0.4, -0.2) is 39.6 Å². The van der Waals surface area contributed by atoms with Crippen LogP contribution in [0.1, 0.15) is 72.4 Å². The van der Waals surface area contributed by atoms with Gasteiger partial charge in [0.2, 0.25) is 11.8 Å². The van der Waals surface area contributed by atoms with Crippen molar-refractivity contribution in [1.82, 2.24) is 14.7 Å². The first kappa shape index (κ1) is 24.9. The summed E-state index contributed by atoms with van der Waals surface area (Å²) in [5.74, 6) is 0.302. The number of benzene rings is 1. The predicted molar refractivity (Wildman–Crippen MR) is 127 cm³/mol. The van der Waals surface area contributed by atoms with Crippen molar-refractivity contribution in [3.63, 3.8) is 0 Å². The number of unbranched alkanes of at least 4 members (excludes halogenated alkanes) is 3. The Kier molecular flexibility index (Phi) is 9.11. The number of hydrogen-bond donors (Lipinski definition) is 1. The van der Waals surface area contributed by atoms with Crippen molar-refractivity contribution in [2.45, 2.75) is 72.1 Å². The van der Waals surface area contributed by atoms with Crippen LogP contribution in [-0.2, 0) is 15.0 Å². The van der Waals surface area contributed by atoms with Crippen LogP contribution in [0.4, 0.5) is 5.82 Å². The molecule has 0 atom stereocenters. The molecule has 170 valence electrons. The highest BCUT2D eigenvalue weighted by Crippen LogP contribution is 2.29. The van der Waals surface area contributed by atoms with E-state index in [4.69, 9.17) is 16.7 Å². The maximum atomic E-state index is 12.8. The Bertz CT molecular complexity index is 886. The molecule has 0 aliphatic carbocycles. The second kappa shape index (κ2) is 11.3. The molecule has 1 aromatic heterocycles. The molecule has 7 heteroatoms. The van der Waals surface area contributed by atoms with Gasteiger partial charge >= 0.3 is 0 Å². The van der Waals surface area contributed by atoms with Crippen LogP contribution in [0.5, 0.6) is 0 Å². The summed E-state index contributed by atoms with van der Waals surface area (Å²) in [7, 11) is 0. The number of hydrogen-bond acceptors (Lipinski definition) is 3. The summed E-state index contributed by atoms with van der Waals surface area (Å²) in [4.78, 5) is 26.9. The first-order chi connectivity index (χ1) is 14.7. The van der Waals surface area contributed by atoms with Crippen LogP contribution < -0.4 is 5.32 Å². The number of amides is 2. The van der Waals surface area contributed by atoms with Gasteiger partial charge < -0.3 is 10.2 Å². The van der Waals surface area contributed by atoms with Crippen LogP contribution in [0.25, 0.3) is 5.69 Å². The van der Waals surface area contributed by atoms with Crippen LogP contribution >= 0.6 is 11.6 Å². The largest absolute Gasteiger partial charge is 0.334 e. The Labute approximate surface area is 191 Å². The molecule has 2 rings (SSSR count). The number of halogens is 1. The quantitative estimate of drug-likeness (QED) is 0.484. The monoisotopic (exact) mass is 446 g/mol. The number of nitrogens with one attached hydrogen (secondary N) is 1. The topological polar surface area (TPSA) is 67.2 Å². The number of likely N-dealkylation sites (N-methyl/N-ethyl adjacent to an activating group) is 1. The van der Waals surface area contributed by atoms with Crippen LogP contribution in [0.2, 0.25) is 5.02 Å². The van der Waals surface area contributed by atoms with E-state index in [2.05, 4.69) is 33.0 Å². The number of rotatable bonds is 10. The second-order valence-electron chi connectivity index (χ2n) is 8.79. The standard InChI is InChI=1S/C24H35ClN4O2/c1-6-8-9-10-15-23(31)28(7-2)17-22(30)26-21-16-20(24(3,4)5)27-29(21)19-14-12-11-13-18(19)25/h11-14,16H,6-10,15,17H2,1-5H3,(H,26,30). The van der Waals surface area contributed by atoms with Gasteiger partial charge in [-0.05, 0) is 25.5 Å². The Morgan fingerprint density at radius 1 is 1.13 bits per heavy atom. The van der Waals surface area contributed by atoms with Crippen LogP contribution in [0.15, 0.2) is 30.3 Å². The normalized spacial score (nSPS) is 11.4. The first-order valence-electron chi connectivity index (χ1n) is 11.1. The molecule has 0 saturated carbocycles. The third-order valence-corrected chi connectivity index (χ3v) is 5.46. The van der Waals surface area contributed by atoms with Gasteiger partial charge in [-0.25, -0.2) is 4.68 Å². The van der Waals surface area contributed by atoms with Crippen molar-refractivity contribution in [2.75, 3.05) is 18.4 Å². The molecule has 6 nitrogen and oxygen atoms in total. The van der Waals surface area contributed by atoms with E-state index in [0.29, 0.717) is 29.5 Å². The van der Waals surface area contributed by atoms with Gasteiger partial charge in [0.25, 0.3) is 0 Å². The average Bonchev–Trinajstić information content (AvgIpc) is 3.13. The number of aromatic nitrogens is 2. The molecule has 0 saturated heterocycles. The van der Waals surface area contributed by atoms with E-state index in [1.54, 1.807) is 15.6 Å². The van der Waals surface area contributed by atoms with E-state index < -0.39 is 0 Å². The lowest BCUT2D eigenvalue weighted by Crippen LogP contribution is -2.38. The molecule has 1 N–H and O–H groups in total. The predicted octanol–water partition coefficient (Wildman–Crippen LogP) is 5.58. The minimum atomic E-state index is -0.252. The van der Waals surface area contributed by atoms with Crippen LogP contribution in [0, 0.1) is 0 Å². The Balaban J connectivity index is 2.17. The zero-order chi connectivity index (χ0) is 23.0. The van der Waals surface area contributed by atoms with Gasteiger partial charge in [0.05, 0.1) is 22.9 Å². The van der Waals surface area contributed by atoms with Gasteiger partial charge in [-0.2, -0.15) is 5.10 Å². The van der Waals surface area contributed by atoms with Gasteiger partial charge in [0.15, 0.2) is 0 Å². The molecule has 1 aromatic carbocycles. The second-order valence-corrected chi connectivity index (χ2v) is 9.20. The van der Waals surface area contributed by atoms with E-state index in [0.717, 1.165) is 31.4 Å². The maximum absolute atomic E-state index is 12.8. The highest BCUT2D eigenvalue weighted by atomic mass is 35.5. The fraction of sp³-hybridized carbons (Fsp3) is 0.542. The van der Waals surface area contributed by atoms with Crippen molar-refractivity contribution in [1.29, 1.82) is 0 Å². The van der Waals surface area contributed by atoms with E-state index >= 15 is 0 Å². The fourth-order valence-electron chi connectivity index (χ4n) is 3.24. The minimum absolute atomic E-state index is 0.0155. The van der Waals surface area contributed by atoms with Crippen molar-refractivity contribution < 1.29 is 9.59 Å². The molecule has 0 aliphatic rings. The third-order valence-electron chi connectivity index (χ3n) is 5.14. The molecule has 31 heavy (non-hydrogen) atoms. The first-order valence-corrected chi connectivity index (χ1v) is 11.5. The zero-order valence-electron chi connectivity index (χ0n) is 19.4. The lowest BCUT2D eigenvalue weighted by atomic mass is 9.92. The van der Waals surface area contributed by atoms with E-state index in [1.165, 1.54) is 0 Å². The maximum Gasteiger partial charge on any atom is 0.245 e. The van der Waals surface area contributed by atoms with E-state index in [-0.39, 0.29) is 23.8 Å². The molecule has 0 unspecified atom stereocenters. The number of para-hydroxylation sites is 1. The number of carbonyl (C=O) groups excluding carboxylic acids is 2. The molecule has 0 radical (unpaired) electrons. The summed E-state index contributed by atoms with van der Waals surface area (Å²) >= 11 is 6.38. The molecule has 0 bridgehead atoms. The molecule has 0 fully saturated rings. The number of anilines is 1. The lowest BCUT2D eigenvalue weighted by Gasteiger charge is -2.20. The lowest BCUT2D eigenvalue weighted by molar-refractivity contribution is -0.134. The summed E-state index contributed by atoms with van der Waals surface area (Å²) in [6.45, 7) is 10.7.